The number of tetrazole rings is 1. The van der Waals surface area contributed by atoms with Gasteiger partial charge in [-0.05, 0) is 41.0 Å². The molecular formula is C12H15N5O. The van der Waals surface area contributed by atoms with Crippen molar-refractivity contribution < 1.29 is 4.79 Å². The number of carbonyl (C=O) groups excluding carboxylic acids is 1. The van der Waals surface area contributed by atoms with Crippen molar-refractivity contribution in [2.24, 2.45) is 7.05 Å². The van der Waals surface area contributed by atoms with E-state index in [0.29, 0.717) is 11.5 Å². The van der Waals surface area contributed by atoms with E-state index in [4.69, 9.17) is 0 Å². The van der Waals surface area contributed by atoms with Gasteiger partial charge in [-0.25, -0.2) is 4.68 Å². The van der Waals surface area contributed by atoms with Crippen LogP contribution >= 0.6 is 0 Å². The van der Waals surface area contributed by atoms with Crippen LogP contribution in [0.5, 0.6) is 0 Å². The van der Waals surface area contributed by atoms with Gasteiger partial charge < -0.3 is 0 Å². The van der Waals surface area contributed by atoms with Crippen LogP contribution in [0.1, 0.15) is 28.4 Å². The van der Waals surface area contributed by atoms with Gasteiger partial charge in [0.1, 0.15) is 0 Å². The maximum absolute atomic E-state index is 12.1. The van der Waals surface area contributed by atoms with Crippen molar-refractivity contribution in [2.75, 3.05) is 5.32 Å². The van der Waals surface area contributed by atoms with Crippen LogP contribution in [0.3, 0.4) is 0 Å². The molecule has 2 aromatic rings. The van der Waals surface area contributed by atoms with Gasteiger partial charge in [0, 0.05) is 12.6 Å². The Balaban J connectivity index is 2.27. The highest BCUT2D eigenvalue weighted by Gasteiger charge is 2.13. The Kier molecular flexibility index (Phi) is 3.36. The lowest BCUT2D eigenvalue weighted by atomic mass is 10.0. The summed E-state index contributed by atoms with van der Waals surface area (Å²) >= 11 is 0. The number of nitrogens with zero attached hydrogens (tertiary/aromatic N) is 4. The Morgan fingerprint density at radius 1 is 1.44 bits per heavy atom. The first-order chi connectivity index (χ1) is 8.63. The van der Waals surface area contributed by atoms with Crippen molar-refractivity contribution in [1.82, 2.24) is 20.2 Å². The van der Waals surface area contributed by atoms with Gasteiger partial charge in [0.25, 0.3) is 5.91 Å². The highest BCUT2D eigenvalue weighted by Crippen LogP contribution is 2.15. The topological polar surface area (TPSA) is 72.7 Å². The molecule has 0 bridgehead atoms. The molecule has 0 saturated heterocycles. The summed E-state index contributed by atoms with van der Waals surface area (Å²) in [5.74, 6) is 0.141. The van der Waals surface area contributed by atoms with Crippen molar-refractivity contribution >= 4 is 11.9 Å². The van der Waals surface area contributed by atoms with E-state index in [1.54, 1.807) is 13.1 Å². The minimum Gasteiger partial charge on any atom is -0.289 e. The highest BCUT2D eigenvalue weighted by atomic mass is 16.1. The van der Waals surface area contributed by atoms with Crippen molar-refractivity contribution in [3.8, 4) is 0 Å². The van der Waals surface area contributed by atoms with E-state index in [-0.39, 0.29) is 5.91 Å². The van der Waals surface area contributed by atoms with Crippen LogP contribution in [0.15, 0.2) is 18.2 Å². The predicted octanol–water partition coefficient (Wildman–Crippen LogP) is 1.33. The Morgan fingerprint density at radius 3 is 2.83 bits per heavy atom. The summed E-state index contributed by atoms with van der Waals surface area (Å²) in [4.78, 5) is 12.1. The fraction of sp³-hybridized carbons (Fsp3) is 0.333. The van der Waals surface area contributed by atoms with Crippen molar-refractivity contribution in [3.63, 3.8) is 0 Å². The van der Waals surface area contributed by atoms with Crippen molar-refractivity contribution in [2.45, 2.75) is 20.3 Å². The molecule has 1 amide bonds. The number of hydrogen-bond donors (Lipinski definition) is 1. The zero-order chi connectivity index (χ0) is 13.1. The van der Waals surface area contributed by atoms with E-state index in [2.05, 4.69) is 27.8 Å². The van der Waals surface area contributed by atoms with Crippen molar-refractivity contribution in [3.05, 3.63) is 34.9 Å². The molecule has 0 aliphatic carbocycles. The number of amides is 1. The molecule has 0 aliphatic heterocycles. The van der Waals surface area contributed by atoms with Gasteiger partial charge in [0.15, 0.2) is 0 Å². The van der Waals surface area contributed by atoms with Crippen molar-refractivity contribution in [1.29, 1.82) is 0 Å². The van der Waals surface area contributed by atoms with Gasteiger partial charge in [0.2, 0.25) is 5.95 Å². The third kappa shape index (κ3) is 2.22. The summed E-state index contributed by atoms with van der Waals surface area (Å²) in [7, 11) is 1.67. The second kappa shape index (κ2) is 4.95. The first-order valence-corrected chi connectivity index (χ1v) is 5.75. The second-order valence-corrected chi connectivity index (χ2v) is 4.02. The molecule has 0 spiro atoms. The van der Waals surface area contributed by atoms with Gasteiger partial charge in [-0.1, -0.05) is 24.2 Å². The molecule has 94 valence electrons. The maximum Gasteiger partial charge on any atom is 0.258 e. The fourth-order valence-electron chi connectivity index (χ4n) is 1.82. The van der Waals surface area contributed by atoms with Gasteiger partial charge >= 0.3 is 0 Å². The molecule has 0 atom stereocenters. The summed E-state index contributed by atoms with van der Waals surface area (Å²) in [5, 5.41) is 13.5. The summed E-state index contributed by atoms with van der Waals surface area (Å²) in [6.07, 6.45) is 0.901. The molecule has 1 heterocycles. The van der Waals surface area contributed by atoms with E-state index in [1.165, 1.54) is 10.2 Å². The minimum atomic E-state index is -0.194. The Bertz CT molecular complexity index is 576. The largest absolute Gasteiger partial charge is 0.289 e. The Labute approximate surface area is 105 Å². The highest BCUT2D eigenvalue weighted by molar-refractivity contribution is 6.04. The van der Waals surface area contributed by atoms with Crippen LogP contribution in [0.2, 0.25) is 0 Å². The van der Waals surface area contributed by atoms with Gasteiger partial charge in [-0.2, -0.15) is 0 Å². The molecule has 6 heteroatoms. The number of carbonyl (C=O) groups is 1. The van der Waals surface area contributed by atoms with Crippen LogP contribution in [0.25, 0.3) is 0 Å². The third-order valence-corrected chi connectivity index (χ3v) is 2.92. The number of hydrogen-bond acceptors (Lipinski definition) is 4. The lowest BCUT2D eigenvalue weighted by Gasteiger charge is -2.09. The predicted molar refractivity (Wildman–Crippen MR) is 67.3 cm³/mol. The molecule has 1 N–H and O–H groups in total. The zero-order valence-corrected chi connectivity index (χ0v) is 10.6. The van der Waals surface area contributed by atoms with E-state index >= 15 is 0 Å². The number of anilines is 1. The van der Waals surface area contributed by atoms with Crippen LogP contribution in [0.4, 0.5) is 5.95 Å². The third-order valence-electron chi connectivity index (χ3n) is 2.92. The zero-order valence-electron chi connectivity index (χ0n) is 10.6. The molecular weight excluding hydrogens is 230 g/mol. The fourth-order valence-corrected chi connectivity index (χ4v) is 1.82. The molecule has 18 heavy (non-hydrogen) atoms. The monoisotopic (exact) mass is 245 g/mol. The number of rotatable bonds is 3. The molecule has 1 aromatic heterocycles. The number of benzene rings is 1. The van der Waals surface area contributed by atoms with Crippen LogP contribution < -0.4 is 5.32 Å². The number of aromatic nitrogens is 4. The number of aryl methyl sites for hydroxylation is 2. The number of nitrogens with one attached hydrogen (secondary N) is 1. The maximum atomic E-state index is 12.1. The lowest BCUT2D eigenvalue weighted by Crippen LogP contribution is -2.17. The summed E-state index contributed by atoms with van der Waals surface area (Å²) in [6.45, 7) is 4.01. The minimum absolute atomic E-state index is 0.194. The average Bonchev–Trinajstić information content (AvgIpc) is 2.75. The van der Waals surface area contributed by atoms with E-state index in [1.807, 2.05) is 19.1 Å². The standard InChI is InChI=1S/C12H15N5O/c1-4-9-6-5-7-10(8(9)2)11(18)13-12-14-15-16-17(12)3/h5-7H,4H2,1-3H3,(H,13,14,16,18). The summed E-state index contributed by atoms with van der Waals surface area (Å²) in [6, 6.07) is 5.71. The Hall–Kier alpha value is -2.24. The lowest BCUT2D eigenvalue weighted by molar-refractivity contribution is 0.102. The normalized spacial score (nSPS) is 10.4. The quantitative estimate of drug-likeness (QED) is 0.885. The van der Waals surface area contributed by atoms with Crippen LogP contribution in [0, 0.1) is 6.92 Å². The molecule has 1 aromatic carbocycles. The van der Waals surface area contributed by atoms with Gasteiger partial charge in [-0.3, -0.25) is 10.1 Å². The molecule has 0 radical (unpaired) electrons. The summed E-state index contributed by atoms with van der Waals surface area (Å²) < 4.78 is 1.41. The van der Waals surface area contributed by atoms with Gasteiger partial charge in [-0.15, -0.1) is 0 Å². The van der Waals surface area contributed by atoms with E-state index in [0.717, 1.165) is 12.0 Å². The second-order valence-electron chi connectivity index (χ2n) is 4.02. The van der Waals surface area contributed by atoms with Crippen LogP contribution in [-0.4, -0.2) is 26.1 Å². The average molecular weight is 245 g/mol. The first-order valence-electron chi connectivity index (χ1n) is 5.75. The molecule has 0 aliphatic rings. The molecule has 0 unspecified atom stereocenters. The van der Waals surface area contributed by atoms with E-state index < -0.39 is 0 Å². The van der Waals surface area contributed by atoms with Gasteiger partial charge in [0.05, 0.1) is 0 Å². The molecule has 0 saturated carbocycles. The smallest absolute Gasteiger partial charge is 0.258 e. The SMILES string of the molecule is CCc1cccc(C(=O)Nc2nnnn2C)c1C. The van der Waals surface area contributed by atoms with E-state index in [9.17, 15) is 4.79 Å². The van der Waals surface area contributed by atoms with Crippen LogP contribution in [-0.2, 0) is 13.5 Å². The molecule has 0 fully saturated rings. The first kappa shape index (κ1) is 12.2. The molecule has 6 nitrogen and oxygen atoms in total. The summed E-state index contributed by atoms with van der Waals surface area (Å²) in [5.41, 5.74) is 2.81. The Morgan fingerprint density at radius 2 is 2.22 bits per heavy atom. The molecule has 2 rings (SSSR count).